The highest BCUT2D eigenvalue weighted by molar-refractivity contribution is 6.07. The highest BCUT2D eigenvalue weighted by Gasteiger charge is 2.58. The highest BCUT2D eigenvalue weighted by Crippen LogP contribution is 2.48. The average molecular weight is 335 g/mol. The second-order valence-electron chi connectivity index (χ2n) is 6.83. The van der Waals surface area contributed by atoms with Gasteiger partial charge in [0, 0.05) is 19.3 Å². The van der Waals surface area contributed by atoms with E-state index in [1.54, 1.807) is 6.20 Å². The van der Waals surface area contributed by atoms with Gasteiger partial charge in [-0.25, -0.2) is 0 Å². The van der Waals surface area contributed by atoms with Crippen molar-refractivity contribution in [3.05, 3.63) is 65.5 Å². The van der Waals surface area contributed by atoms with Gasteiger partial charge in [-0.2, -0.15) is 0 Å². The minimum Gasteiger partial charge on any atom is -0.350 e. The zero-order chi connectivity index (χ0) is 17.3. The van der Waals surface area contributed by atoms with Crippen LogP contribution in [0.5, 0.6) is 0 Å². The molecule has 2 aliphatic rings. The molecular weight excluding hydrogens is 314 g/mol. The lowest BCUT2D eigenvalue weighted by molar-refractivity contribution is -0.145. The number of benzene rings is 1. The smallest absolute Gasteiger partial charge is 0.238 e. The quantitative estimate of drug-likeness (QED) is 0.870. The van der Waals surface area contributed by atoms with Gasteiger partial charge in [0.25, 0.3) is 0 Å². The first-order valence-electron chi connectivity index (χ1n) is 8.73. The molecule has 2 amide bonds. The highest BCUT2D eigenvalue weighted by atomic mass is 16.2. The average Bonchev–Trinajstić information content (AvgIpc) is 3.48. The zero-order valence-electron chi connectivity index (χ0n) is 14.1. The molecule has 2 heterocycles. The van der Waals surface area contributed by atoms with Crippen LogP contribution in [0.4, 0.5) is 0 Å². The van der Waals surface area contributed by atoms with Crippen molar-refractivity contribution in [2.45, 2.75) is 32.4 Å². The molecule has 5 nitrogen and oxygen atoms in total. The molecule has 0 saturated heterocycles. The summed E-state index contributed by atoms with van der Waals surface area (Å²) in [5.41, 5.74) is 2.43. The standard InChI is InChI=1S/C20H21N3O2/c24-18(22-13-17-7-3-4-11-21-17)20(9-10-20)19(25)23-12-8-15-5-1-2-6-16(15)14-23/h1-7,11H,8-10,12-14H2,(H,22,24). The van der Waals surface area contributed by atoms with E-state index in [1.165, 1.54) is 11.1 Å². The number of pyridine rings is 1. The number of nitrogens with zero attached hydrogens (tertiary/aromatic N) is 2. The van der Waals surface area contributed by atoms with Gasteiger partial charge in [-0.05, 0) is 42.5 Å². The Morgan fingerprint density at radius 1 is 1.08 bits per heavy atom. The molecule has 1 aromatic heterocycles. The van der Waals surface area contributed by atoms with Crippen molar-refractivity contribution in [2.24, 2.45) is 5.41 Å². The molecule has 1 aliphatic heterocycles. The number of rotatable bonds is 4. The molecule has 1 aliphatic carbocycles. The Morgan fingerprint density at radius 3 is 2.56 bits per heavy atom. The largest absolute Gasteiger partial charge is 0.350 e. The maximum atomic E-state index is 13.0. The van der Waals surface area contributed by atoms with Crippen molar-refractivity contribution in [3.8, 4) is 0 Å². The molecule has 1 saturated carbocycles. The van der Waals surface area contributed by atoms with Crippen molar-refractivity contribution in [2.75, 3.05) is 6.54 Å². The van der Waals surface area contributed by atoms with E-state index in [9.17, 15) is 9.59 Å². The molecule has 0 unspecified atom stereocenters. The van der Waals surface area contributed by atoms with E-state index in [1.807, 2.05) is 35.2 Å². The van der Waals surface area contributed by atoms with Crippen LogP contribution in [0, 0.1) is 5.41 Å². The zero-order valence-corrected chi connectivity index (χ0v) is 14.1. The van der Waals surface area contributed by atoms with Gasteiger partial charge in [0.05, 0.1) is 12.2 Å². The first-order chi connectivity index (χ1) is 12.2. The maximum absolute atomic E-state index is 13.0. The molecule has 1 N–H and O–H groups in total. The van der Waals surface area contributed by atoms with Crippen LogP contribution in [0.15, 0.2) is 48.7 Å². The van der Waals surface area contributed by atoms with Crippen LogP contribution in [0.25, 0.3) is 0 Å². The summed E-state index contributed by atoms with van der Waals surface area (Å²) >= 11 is 0. The molecular formula is C20H21N3O2. The number of hydrogen-bond donors (Lipinski definition) is 1. The van der Waals surface area contributed by atoms with Crippen LogP contribution in [0.1, 0.15) is 29.7 Å². The van der Waals surface area contributed by atoms with Crippen LogP contribution < -0.4 is 5.32 Å². The summed E-state index contributed by atoms with van der Waals surface area (Å²) in [4.78, 5) is 31.7. The van der Waals surface area contributed by atoms with Crippen LogP contribution in [-0.4, -0.2) is 28.2 Å². The summed E-state index contributed by atoms with van der Waals surface area (Å²) in [5, 5.41) is 2.89. The molecule has 128 valence electrons. The van der Waals surface area contributed by atoms with Crippen LogP contribution in [0.3, 0.4) is 0 Å². The molecule has 1 aromatic carbocycles. The maximum Gasteiger partial charge on any atom is 0.238 e. The molecule has 0 bridgehead atoms. The Kier molecular flexibility index (Phi) is 3.99. The Bertz CT molecular complexity index is 800. The second kappa shape index (κ2) is 6.31. The van der Waals surface area contributed by atoms with Crippen molar-refractivity contribution >= 4 is 11.8 Å². The number of carbonyl (C=O) groups is 2. The number of aromatic nitrogens is 1. The van der Waals surface area contributed by atoms with E-state index in [-0.39, 0.29) is 11.8 Å². The summed E-state index contributed by atoms with van der Waals surface area (Å²) in [6, 6.07) is 13.8. The van der Waals surface area contributed by atoms with E-state index in [2.05, 4.69) is 22.4 Å². The lowest BCUT2D eigenvalue weighted by Gasteiger charge is -2.31. The number of hydrogen-bond acceptors (Lipinski definition) is 3. The molecule has 5 heteroatoms. The Balaban J connectivity index is 1.42. The lowest BCUT2D eigenvalue weighted by Crippen LogP contribution is -2.46. The molecule has 0 radical (unpaired) electrons. The SMILES string of the molecule is O=C(NCc1ccccn1)C1(C(=O)N2CCc3ccccc3C2)CC1. The lowest BCUT2D eigenvalue weighted by atomic mass is 9.97. The van der Waals surface area contributed by atoms with Gasteiger partial charge >= 0.3 is 0 Å². The number of fused-ring (bicyclic) bond motifs is 1. The minimum absolute atomic E-state index is 0.0273. The predicted molar refractivity (Wildman–Crippen MR) is 93.3 cm³/mol. The first kappa shape index (κ1) is 15.8. The topological polar surface area (TPSA) is 62.3 Å². The summed E-state index contributed by atoms with van der Waals surface area (Å²) in [5.74, 6) is -0.192. The van der Waals surface area contributed by atoms with Gasteiger partial charge < -0.3 is 10.2 Å². The third-order valence-corrected chi connectivity index (χ3v) is 5.17. The van der Waals surface area contributed by atoms with E-state index >= 15 is 0 Å². The summed E-state index contributed by atoms with van der Waals surface area (Å²) in [7, 11) is 0. The van der Waals surface area contributed by atoms with Gasteiger partial charge in [0.1, 0.15) is 5.41 Å². The van der Waals surface area contributed by atoms with Gasteiger partial charge in [0.15, 0.2) is 0 Å². The Morgan fingerprint density at radius 2 is 1.84 bits per heavy atom. The van der Waals surface area contributed by atoms with Crippen molar-refractivity contribution in [1.82, 2.24) is 15.2 Å². The third-order valence-electron chi connectivity index (χ3n) is 5.17. The molecule has 4 rings (SSSR count). The first-order valence-corrected chi connectivity index (χ1v) is 8.73. The Labute approximate surface area is 147 Å². The number of nitrogens with one attached hydrogen (secondary N) is 1. The Hall–Kier alpha value is -2.69. The van der Waals surface area contributed by atoms with Crippen LogP contribution in [0.2, 0.25) is 0 Å². The third kappa shape index (κ3) is 3.02. The van der Waals surface area contributed by atoms with E-state index in [0.29, 0.717) is 32.5 Å². The molecule has 25 heavy (non-hydrogen) atoms. The summed E-state index contributed by atoms with van der Waals surface area (Å²) in [6.07, 6.45) is 3.83. The van der Waals surface area contributed by atoms with Crippen LogP contribution in [-0.2, 0) is 29.1 Å². The fourth-order valence-corrected chi connectivity index (χ4v) is 3.48. The number of amides is 2. The van der Waals surface area contributed by atoms with E-state index in [0.717, 1.165) is 12.1 Å². The van der Waals surface area contributed by atoms with Crippen molar-refractivity contribution < 1.29 is 9.59 Å². The van der Waals surface area contributed by atoms with Gasteiger partial charge in [-0.1, -0.05) is 30.3 Å². The van der Waals surface area contributed by atoms with Gasteiger partial charge in [-0.15, -0.1) is 0 Å². The van der Waals surface area contributed by atoms with Crippen molar-refractivity contribution in [1.29, 1.82) is 0 Å². The summed E-state index contributed by atoms with van der Waals surface area (Å²) in [6.45, 7) is 1.65. The molecule has 0 spiro atoms. The van der Waals surface area contributed by atoms with Crippen molar-refractivity contribution in [3.63, 3.8) is 0 Å². The van der Waals surface area contributed by atoms with E-state index < -0.39 is 5.41 Å². The van der Waals surface area contributed by atoms with Gasteiger partial charge in [-0.3, -0.25) is 14.6 Å². The van der Waals surface area contributed by atoms with E-state index in [4.69, 9.17) is 0 Å². The van der Waals surface area contributed by atoms with Crippen LogP contribution >= 0.6 is 0 Å². The molecule has 2 aromatic rings. The van der Waals surface area contributed by atoms with Gasteiger partial charge in [0.2, 0.25) is 11.8 Å². The normalized spacial score (nSPS) is 17.5. The minimum atomic E-state index is -0.860. The summed E-state index contributed by atoms with van der Waals surface area (Å²) < 4.78 is 0. The second-order valence-corrected chi connectivity index (χ2v) is 6.83. The fraction of sp³-hybridized carbons (Fsp3) is 0.350. The monoisotopic (exact) mass is 335 g/mol. The number of carbonyl (C=O) groups excluding carboxylic acids is 2. The molecule has 0 atom stereocenters. The molecule has 1 fully saturated rings. The fourth-order valence-electron chi connectivity index (χ4n) is 3.48. The predicted octanol–water partition coefficient (Wildman–Crippen LogP) is 2.06.